The molecule has 1 aromatic heterocycles. The first-order chi connectivity index (χ1) is 8.85. The predicted octanol–water partition coefficient (Wildman–Crippen LogP) is 0.915. The standard InChI is InChI=1S/C12H18N4O2S/c1-12(2,3)7-16-5-8(4-10(16)17)13-11(18)9-6-19-15-14-9/h6,8H,4-5,7H2,1-3H3,(H,13,18). The first-order valence-corrected chi connectivity index (χ1v) is 7.04. The molecule has 1 aliphatic rings. The van der Waals surface area contributed by atoms with Crippen LogP contribution >= 0.6 is 11.5 Å². The van der Waals surface area contributed by atoms with Gasteiger partial charge in [0.05, 0.1) is 6.04 Å². The molecule has 104 valence electrons. The highest BCUT2D eigenvalue weighted by atomic mass is 32.1. The van der Waals surface area contributed by atoms with E-state index < -0.39 is 0 Å². The summed E-state index contributed by atoms with van der Waals surface area (Å²) in [5.74, 6) is -0.166. The zero-order valence-corrected chi connectivity index (χ0v) is 12.2. The third kappa shape index (κ3) is 3.73. The molecule has 1 aliphatic heterocycles. The van der Waals surface area contributed by atoms with E-state index in [-0.39, 0.29) is 23.3 Å². The van der Waals surface area contributed by atoms with Gasteiger partial charge in [0.15, 0.2) is 5.69 Å². The number of amides is 2. The average molecular weight is 282 g/mol. The van der Waals surface area contributed by atoms with Gasteiger partial charge in [0, 0.05) is 24.9 Å². The van der Waals surface area contributed by atoms with Crippen molar-refractivity contribution in [2.45, 2.75) is 33.2 Å². The fraction of sp³-hybridized carbons (Fsp3) is 0.667. The van der Waals surface area contributed by atoms with Crippen molar-refractivity contribution < 1.29 is 9.59 Å². The number of carbonyl (C=O) groups is 2. The molecule has 1 saturated heterocycles. The van der Waals surface area contributed by atoms with Gasteiger partial charge in [-0.1, -0.05) is 25.3 Å². The first kappa shape index (κ1) is 13.9. The van der Waals surface area contributed by atoms with Crippen molar-refractivity contribution in [3.63, 3.8) is 0 Å². The van der Waals surface area contributed by atoms with Gasteiger partial charge < -0.3 is 10.2 Å². The highest BCUT2D eigenvalue weighted by Gasteiger charge is 2.33. The molecule has 6 nitrogen and oxygen atoms in total. The van der Waals surface area contributed by atoms with E-state index in [1.807, 2.05) is 4.90 Å². The van der Waals surface area contributed by atoms with Gasteiger partial charge in [0.2, 0.25) is 5.91 Å². The molecule has 0 aromatic carbocycles. The lowest BCUT2D eigenvalue weighted by molar-refractivity contribution is -0.128. The second-order valence-electron chi connectivity index (χ2n) is 6.00. The third-order valence-corrected chi connectivity index (χ3v) is 3.31. The Bertz CT molecular complexity index is 467. The molecule has 0 radical (unpaired) electrons. The minimum Gasteiger partial charge on any atom is -0.346 e. The second kappa shape index (κ2) is 5.24. The Hall–Kier alpha value is -1.50. The zero-order valence-electron chi connectivity index (χ0n) is 11.3. The van der Waals surface area contributed by atoms with Crippen LogP contribution < -0.4 is 5.32 Å². The van der Waals surface area contributed by atoms with Crippen LogP contribution in [0.5, 0.6) is 0 Å². The number of likely N-dealkylation sites (tertiary alicyclic amines) is 1. The van der Waals surface area contributed by atoms with E-state index >= 15 is 0 Å². The smallest absolute Gasteiger partial charge is 0.273 e. The van der Waals surface area contributed by atoms with Crippen LogP contribution in [0.3, 0.4) is 0 Å². The summed E-state index contributed by atoms with van der Waals surface area (Å²) in [6.07, 6.45) is 0.361. The Balaban J connectivity index is 1.91. The first-order valence-electron chi connectivity index (χ1n) is 6.21. The minimum atomic E-state index is -0.260. The molecule has 2 rings (SSSR count). The highest BCUT2D eigenvalue weighted by Crippen LogP contribution is 2.20. The Labute approximate surface area is 116 Å². The molecule has 1 N–H and O–H groups in total. The van der Waals surface area contributed by atoms with Gasteiger partial charge in [-0.25, -0.2) is 0 Å². The summed E-state index contributed by atoms with van der Waals surface area (Å²) in [6, 6.07) is -0.135. The van der Waals surface area contributed by atoms with Gasteiger partial charge in [0.25, 0.3) is 5.91 Å². The summed E-state index contributed by atoms with van der Waals surface area (Å²) < 4.78 is 3.65. The van der Waals surface area contributed by atoms with Gasteiger partial charge in [-0.05, 0) is 16.9 Å². The summed E-state index contributed by atoms with van der Waals surface area (Å²) in [5, 5.41) is 8.14. The number of hydrogen-bond acceptors (Lipinski definition) is 5. The fourth-order valence-corrected chi connectivity index (χ4v) is 2.55. The van der Waals surface area contributed by atoms with E-state index in [0.29, 0.717) is 25.2 Å². The van der Waals surface area contributed by atoms with Crippen molar-refractivity contribution in [2.75, 3.05) is 13.1 Å². The van der Waals surface area contributed by atoms with Gasteiger partial charge in [-0.15, -0.1) is 5.10 Å². The van der Waals surface area contributed by atoms with Gasteiger partial charge in [0.1, 0.15) is 0 Å². The van der Waals surface area contributed by atoms with Crippen molar-refractivity contribution >= 4 is 23.3 Å². The normalized spacial score (nSPS) is 19.8. The lowest BCUT2D eigenvalue weighted by Gasteiger charge is -2.26. The maximum atomic E-state index is 11.9. The summed E-state index contributed by atoms with van der Waals surface area (Å²) in [6.45, 7) is 7.54. The molecular weight excluding hydrogens is 264 g/mol. The van der Waals surface area contributed by atoms with Crippen molar-refractivity contribution in [3.05, 3.63) is 11.1 Å². The molecule has 2 heterocycles. The average Bonchev–Trinajstić information content (AvgIpc) is 2.87. The van der Waals surface area contributed by atoms with Crippen LogP contribution in [0.2, 0.25) is 0 Å². The third-order valence-electron chi connectivity index (χ3n) is 2.81. The predicted molar refractivity (Wildman–Crippen MR) is 71.8 cm³/mol. The van der Waals surface area contributed by atoms with Crippen LogP contribution in [0.25, 0.3) is 0 Å². The molecule has 0 aliphatic carbocycles. The van der Waals surface area contributed by atoms with E-state index in [1.54, 1.807) is 5.38 Å². The SMILES string of the molecule is CC(C)(C)CN1CC(NC(=O)c2csnn2)CC1=O. The van der Waals surface area contributed by atoms with E-state index in [0.717, 1.165) is 11.5 Å². The van der Waals surface area contributed by atoms with Crippen molar-refractivity contribution in [3.8, 4) is 0 Å². The second-order valence-corrected chi connectivity index (χ2v) is 6.61. The fourth-order valence-electron chi connectivity index (χ4n) is 2.12. The summed E-state index contributed by atoms with van der Waals surface area (Å²) in [7, 11) is 0. The largest absolute Gasteiger partial charge is 0.346 e. The summed E-state index contributed by atoms with van der Waals surface area (Å²) in [5.41, 5.74) is 0.375. The van der Waals surface area contributed by atoms with Crippen molar-refractivity contribution in [1.82, 2.24) is 19.8 Å². The molecule has 1 aromatic rings. The Kier molecular flexibility index (Phi) is 3.84. The molecule has 1 fully saturated rings. The van der Waals surface area contributed by atoms with Crippen LogP contribution in [0, 0.1) is 5.41 Å². The minimum absolute atomic E-state index is 0.0629. The van der Waals surface area contributed by atoms with Crippen LogP contribution in [0.1, 0.15) is 37.7 Å². The summed E-state index contributed by atoms with van der Waals surface area (Å²) >= 11 is 1.14. The van der Waals surface area contributed by atoms with Crippen LogP contribution in [-0.2, 0) is 4.79 Å². The number of nitrogens with zero attached hydrogens (tertiary/aromatic N) is 3. The van der Waals surface area contributed by atoms with Crippen LogP contribution in [-0.4, -0.2) is 45.4 Å². The number of carbonyl (C=O) groups excluding carboxylic acids is 2. The molecule has 7 heteroatoms. The number of aromatic nitrogens is 2. The number of hydrogen-bond donors (Lipinski definition) is 1. The zero-order chi connectivity index (χ0) is 14.0. The van der Waals surface area contributed by atoms with E-state index in [4.69, 9.17) is 0 Å². The van der Waals surface area contributed by atoms with Gasteiger partial charge in [-0.2, -0.15) is 0 Å². The van der Waals surface area contributed by atoms with Crippen molar-refractivity contribution in [2.24, 2.45) is 5.41 Å². The Morgan fingerprint density at radius 3 is 2.89 bits per heavy atom. The van der Waals surface area contributed by atoms with E-state index in [9.17, 15) is 9.59 Å². The summed E-state index contributed by atoms with van der Waals surface area (Å²) in [4.78, 5) is 25.5. The van der Waals surface area contributed by atoms with Gasteiger partial charge >= 0.3 is 0 Å². The molecule has 0 saturated carbocycles. The molecule has 1 unspecified atom stereocenters. The molecule has 2 amide bonds. The number of nitrogens with one attached hydrogen (secondary N) is 1. The Morgan fingerprint density at radius 1 is 1.58 bits per heavy atom. The quantitative estimate of drug-likeness (QED) is 0.894. The van der Waals surface area contributed by atoms with E-state index in [1.165, 1.54) is 0 Å². The molecule has 0 spiro atoms. The maximum Gasteiger partial charge on any atom is 0.273 e. The molecular formula is C12H18N4O2S. The topological polar surface area (TPSA) is 75.2 Å². The van der Waals surface area contributed by atoms with Crippen LogP contribution in [0.15, 0.2) is 5.38 Å². The van der Waals surface area contributed by atoms with Crippen LogP contribution in [0.4, 0.5) is 0 Å². The maximum absolute atomic E-state index is 11.9. The molecule has 1 atom stereocenters. The molecule has 0 bridgehead atoms. The Morgan fingerprint density at radius 2 is 2.32 bits per heavy atom. The van der Waals surface area contributed by atoms with E-state index in [2.05, 4.69) is 35.7 Å². The van der Waals surface area contributed by atoms with Gasteiger partial charge in [-0.3, -0.25) is 9.59 Å². The molecule has 19 heavy (non-hydrogen) atoms. The highest BCUT2D eigenvalue weighted by molar-refractivity contribution is 7.03. The lowest BCUT2D eigenvalue weighted by atomic mass is 9.96. The lowest BCUT2D eigenvalue weighted by Crippen LogP contribution is -2.39. The monoisotopic (exact) mass is 282 g/mol. The number of rotatable bonds is 3. The van der Waals surface area contributed by atoms with Crippen molar-refractivity contribution in [1.29, 1.82) is 0 Å².